The third-order valence-electron chi connectivity index (χ3n) is 6.47. The summed E-state index contributed by atoms with van der Waals surface area (Å²) in [6.45, 7) is 5.01. The van der Waals surface area contributed by atoms with Crippen LogP contribution in [0.1, 0.15) is 38.5 Å². The summed E-state index contributed by atoms with van der Waals surface area (Å²) >= 11 is 0. The largest absolute Gasteiger partial charge is 0.287 e. The van der Waals surface area contributed by atoms with Gasteiger partial charge in [0.2, 0.25) is 0 Å². The molecule has 0 saturated carbocycles. The number of allylic oxidation sites excluding steroid dienone is 3. The molecule has 0 aromatic heterocycles. The Kier molecular flexibility index (Phi) is 2.84. The lowest BCUT2D eigenvalue weighted by Gasteiger charge is -2.46. The molecule has 2 heteroatoms. The summed E-state index contributed by atoms with van der Waals surface area (Å²) in [5.41, 5.74) is 3.33. The fourth-order valence-electron chi connectivity index (χ4n) is 5.40. The summed E-state index contributed by atoms with van der Waals surface area (Å²) < 4.78 is 0. The molecule has 22 heavy (non-hydrogen) atoms. The molecule has 5 rings (SSSR count). The standard InChI is InChI=1S/C20H26N2/c1-3-13-21(14-4-1)19-9-7-17-8-10-20(12-11-19,18(17)19)22-15-5-2-6-16-22/h7-12H,1-6,13-16H2/t19-,20+. The molecular weight excluding hydrogens is 268 g/mol. The summed E-state index contributed by atoms with van der Waals surface area (Å²) in [6, 6.07) is 0. The van der Waals surface area contributed by atoms with Crippen molar-refractivity contribution >= 4 is 0 Å². The zero-order valence-corrected chi connectivity index (χ0v) is 13.4. The maximum absolute atomic E-state index is 2.74. The van der Waals surface area contributed by atoms with Crippen molar-refractivity contribution in [1.82, 2.24) is 9.80 Å². The molecule has 2 saturated heterocycles. The van der Waals surface area contributed by atoms with Crippen LogP contribution in [0.3, 0.4) is 0 Å². The molecule has 3 aliphatic carbocycles. The van der Waals surface area contributed by atoms with Gasteiger partial charge < -0.3 is 0 Å². The predicted octanol–water partition coefficient (Wildman–Crippen LogP) is 3.44. The number of likely N-dealkylation sites (tertiary alicyclic amines) is 2. The Bertz CT molecular complexity index is 549. The highest BCUT2D eigenvalue weighted by Crippen LogP contribution is 2.54. The van der Waals surface area contributed by atoms with Gasteiger partial charge in [-0.05, 0) is 63.0 Å². The minimum atomic E-state index is 0.0939. The average Bonchev–Trinajstić information content (AvgIpc) is 3.25. The molecular formula is C20H26N2. The molecule has 2 fully saturated rings. The molecule has 0 amide bonds. The first kappa shape index (κ1) is 13.3. The molecule has 2 heterocycles. The molecule has 0 unspecified atom stereocenters. The van der Waals surface area contributed by atoms with Crippen molar-refractivity contribution in [3.8, 4) is 0 Å². The third kappa shape index (κ3) is 1.58. The fourth-order valence-corrected chi connectivity index (χ4v) is 5.40. The van der Waals surface area contributed by atoms with E-state index in [0.29, 0.717) is 0 Å². The maximum atomic E-state index is 2.74. The van der Waals surface area contributed by atoms with E-state index < -0.39 is 0 Å². The highest BCUT2D eigenvalue weighted by atomic mass is 15.3. The lowest BCUT2D eigenvalue weighted by Crippen LogP contribution is -2.55. The topological polar surface area (TPSA) is 6.48 Å². The summed E-state index contributed by atoms with van der Waals surface area (Å²) in [4.78, 5) is 5.48. The van der Waals surface area contributed by atoms with Gasteiger partial charge in [0, 0.05) is 0 Å². The number of hydrogen-bond acceptors (Lipinski definition) is 2. The molecule has 116 valence electrons. The van der Waals surface area contributed by atoms with Crippen molar-refractivity contribution in [2.45, 2.75) is 49.6 Å². The van der Waals surface area contributed by atoms with Crippen LogP contribution in [0, 0.1) is 0 Å². The Labute approximate surface area is 133 Å². The SMILES string of the molecule is C1=C[C@]2(N3CCCCC3)C=C[C@]3(N4CCCCC4)C=CC1=C23. The first-order chi connectivity index (χ1) is 10.9. The predicted molar refractivity (Wildman–Crippen MR) is 90.8 cm³/mol. The van der Waals surface area contributed by atoms with E-state index >= 15 is 0 Å². The van der Waals surface area contributed by atoms with Gasteiger partial charge in [0.05, 0.1) is 11.1 Å². The average molecular weight is 294 g/mol. The van der Waals surface area contributed by atoms with Crippen molar-refractivity contribution in [2.24, 2.45) is 0 Å². The summed E-state index contributed by atoms with van der Waals surface area (Å²) in [6.07, 6.45) is 23.0. The van der Waals surface area contributed by atoms with Crippen LogP contribution in [0.15, 0.2) is 47.6 Å². The minimum absolute atomic E-state index is 0.0939. The van der Waals surface area contributed by atoms with Gasteiger partial charge >= 0.3 is 0 Å². The van der Waals surface area contributed by atoms with Gasteiger partial charge in [0.15, 0.2) is 0 Å². The molecule has 0 radical (unpaired) electrons. The second-order valence-electron chi connectivity index (χ2n) is 7.58. The zero-order valence-electron chi connectivity index (χ0n) is 13.4. The van der Waals surface area contributed by atoms with E-state index in [1.165, 1.54) is 70.3 Å². The number of nitrogens with zero attached hydrogens (tertiary/aromatic N) is 2. The van der Waals surface area contributed by atoms with Gasteiger partial charge in [-0.1, -0.05) is 49.3 Å². The van der Waals surface area contributed by atoms with Crippen molar-refractivity contribution < 1.29 is 0 Å². The van der Waals surface area contributed by atoms with E-state index in [2.05, 4.69) is 46.3 Å². The normalized spacial score (nSPS) is 40.9. The summed E-state index contributed by atoms with van der Waals surface area (Å²) in [7, 11) is 0. The van der Waals surface area contributed by atoms with Crippen LogP contribution in [-0.4, -0.2) is 47.1 Å². The zero-order chi connectivity index (χ0) is 14.6. The van der Waals surface area contributed by atoms with E-state index in [0.717, 1.165) is 0 Å². The summed E-state index contributed by atoms with van der Waals surface area (Å²) in [5, 5.41) is 0. The van der Waals surface area contributed by atoms with E-state index in [1.807, 2.05) is 0 Å². The van der Waals surface area contributed by atoms with Gasteiger partial charge in [-0.25, -0.2) is 0 Å². The highest BCUT2D eigenvalue weighted by molar-refractivity contribution is 5.70. The third-order valence-corrected chi connectivity index (χ3v) is 6.47. The van der Waals surface area contributed by atoms with Crippen LogP contribution >= 0.6 is 0 Å². The monoisotopic (exact) mass is 294 g/mol. The Hall–Kier alpha value is -1.12. The molecule has 2 atom stereocenters. The minimum Gasteiger partial charge on any atom is -0.287 e. The van der Waals surface area contributed by atoms with Crippen molar-refractivity contribution in [3.05, 3.63) is 47.6 Å². The van der Waals surface area contributed by atoms with Crippen LogP contribution in [0.2, 0.25) is 0 Å². The van der Waals surface area contributed by atoms with Crippen molar-refractivity contribution in [2.75, 3.05) is 26.2 Å². The van der Waals surface area contributed by atoms with Crippen LogP contribution < -0.4 is 0 Å². The molecule has 0 aromatic carbocycles. The quantitative estimate of drug-likeness (QED) is 0.720. The molecule has 0 spiro atoms. The number of piperidine rings is 2. The first-order valence-corrected chi connectivity index (χ1v) is 9.19. The smallest absolute Gasteiger partial charge is 0.0829 e. The molecule has 0 bridgehead atoms. The van der Waals surface area contributed by atoms with Gasteiger partial charge in [-0.3, -0.25) is 9.80 Å². The number of rotatable bonds is 2. The van der Waals surface area contributed by atoms with Gasteiger partial charge in [0.1, 0.15) is 0 Å². The van der Waals surface area contributed by atoms with Crippen molar-refractivity contribution in [1.29, 1.82) is 0 Å². The van der Waals surface area contributed by atoms with Gasteiger partial charge in [0.25, 0.3) is 0 Å². The van der Waals surface area contributed by atoms with E-state index in [4.69, 9.17) is 0 Å². The lowest BCUT2D eigenvalue weighted by atomic mass is 9.83. The summed E-state index contributed by atoms with van der Waals surface area (Å²) in [5.74, 6) is 0. The molecule has 2 nitrogen and oxygen atoms in total. The second kappa shape index (κ2) is 4.69. The molecule has 2 aliphatic heterocycles. The van der Waals surface area contributed by atoms with Crippen LogP contribution in [0.25, 0.3) is 0 Å². The maximum Gasteiger partial charge on any atom is 0.0829 e. The molecule has 0 N–H and O–H groups in total. The van der Waals surface area contributed by atoms with Crippen LogP contribution in [-0.2, 0) is 0 Å². The Morgan fingerprint density at radius 3 is 1.50 bits per heavy atom. The first-order valence-electron chi connectivity index (χ1n) is 9.19. The van der Waals surface area contributed by atoms with E-state index in [-0.39, 0.29) is 11.1 Å². The van der Waals surface area contributed by atoms with Crippen LogP contribution in [0.4, 0.5) is 0 Å². The van der Waals surface area contributed by atoms with Gasteiger partial charge in [-0.15, -0.1) is 0 Å². The molecule has 0 aromatic rings. The van der Waals surface area contributed by atoms with E-state index in [1.54, 1.807) is 5.57 Å². The highest BCUT2D eigenvalue weighted by Gasteiger charge is 2.56. The second-order valence-corrected chi connectivity index (χ2v) is 7.58. The Morgan fingerprint density at radius 1 is 0.591 bits per heavy atom. The van der Waals surface area contributed by atoms with Crippen LogP contribution in [0.5, 0.6) is 0 Å². The number of hydrogen-bond donors (Lipinski definition) is 0. The fraction of sp³-hybridized carbons (Fsp3) is 0.600. The van der Waals surface area contributed by atoms with Crippen molar-refractivity contribution in [3.63, 3.8) is 0 Å². The molecule has 5 aliphatic rings. The Morgan fingerprint density at radius 2 is 1.05 bits per heavy atom. The van der Waals surface area contributed by atoms with Gasteiger partial charge in [-0.2, -0.15) is 0 Å². The van der Waals surface area contributed by atoms with E-state index in [9.17, 15) is 0 Å². The Balaban J connectivity index is 1.56. The lowest BCUT2D eigenvalue weighted by molar-refractivity contribution is 0.131.